The van der Waals surface area contributed by atoms with Crippen molar-refractivity contribution in [1.82, 2.24) is 15.0 Å². The molecule has 5 rings (SSSR count). The van der Waals surface area contributed by atoms with Crippen molar-refractivity contribution in [2.45, 2.75) is 36.0 Å². The van der Waals surface area contributed by atoms with Gasteiger partial charge in [-0.25, -0.2) is 27.9 Å². The zero-order chi connectivity index (χ0) is 26.4. The second-order valence-corrected chi connectivity index (χ2v) is 10.3. The Balaban J connectivity index is 1.49. The van der Waals surface area contributed by atoms with Crippen LogP contribution in [0.2, 0.25) is 0 Å². The van der Waals surface area contributed by atoms with Crippen molar-refractivity contribution in [3.05, 3.63) is 72.0 Å². The first-order chi connectivity index (χ1) is 17.4. The van der Waals surface area contributed by atoms with E-state index < -0.39 is 27.6 Å². The Morgan fingerprint density at radius 1 is 0.919 bits per heavy atom. The number of rotatable bonds is 7. The lowest BCUT2D eigenvalue weighted by Crippen LogP contribution is -2.39. The third kappa shape index (κ3) is 5.18. The quantitative estimate of drug-likeness (QED) is 0.297. The summed E-state index contributed by atoms with van der Waals surface area (Å²) in [5, 5.41) is 10.6. The minimum absolute atomic E-state index is 0.0467. The number of aromatic nitrogens is 3. The fourth-order valence-corrected chi connectivity index (χ4v) is 4.29. The highest BCUT2D eigenvalue weighted by molar-refractivity contribution is 7.89. The van der Waals surface area contributed by atoms with Gasteiger partial charge in [0.15, 0.2) is 5.82 Å². The molecule has 0 atom stereocenters. The standard InChI is InChI=1S/C24H20F4N6O2S/c25-16-5-3-15(4-6-16)18-9-10-19-20(31-18)21(34-23(11-12-23)24(26,27)28)33-22(32-19)30-13-14-1-7-17(8-2-14)37(29,35)36/h1-10H,11-13H2,(H2,29,35,36)(H2,30,32,33,34). The normalized spacial score (nSPS) is 14.9. The van der Waals surface area contributed by atoms with Crippen LogP contribution in [0.5, 0.6) is 0 Å². The third-order valence-electron chi connectivity index (χ3n) is 6.04. The fourth-order valence-electron chi connectivity index (χ4n) is 3.77. The van der Waals surface area contributed by atoms with Crippen LogP contribution in [0.3, 0.4) is 0 Å². The molecule has 0 radical (unpaired) electrons. The molecule has 0 aliphatic heterocycles. The molecular weight excluding hydrogens is 512 g/mol. The van der Waals surface area contributed by atoms with Crippen molar-refractivity contribution in [3.8, 4) is 11.3 Å². The minimum atomic E-state index is -4.49. The van der Waals surface area contributed by atoms with E-state index in [0.717, 1.165) is 0 Å². The highest BCUT2D eigenvalue weighted by Crippen LogP contribution is 2.51. The summed E-state index contributed by atoms with van der Waals surface area (Å²) in [5.74, 6) is -0.457. The summed E-state index contributed by atoms with van der Waals surface area (Å²) < 4.78 is 77.4. The van der Waals surface area contributed by atoms with Gasteiger partial charge in [-0.05, 0) is 66.9 Å². The van der Waals surface area contributed by atoms with Crippen LogP contribution in [-0.4, -0.2) is 35.1 Å². The molecular formula is C24H20F4N6O2S. The molecule has 0 bridgehead atoms. The number of nitrogens with zero attached hydrogens (tertiary/aromatic N) is 3. The Bertz CT molecular complexity index is 1570. The van der Waals surface area contributed by atoms with E-state index in [1.165, 1.54) is 36.4 Å². The lowest BCUT2D eigenvalue weighted by Gasteiger charge is -2.22. The van der Waals surface area contributed by atoms with Crippen molar-refractivity contribution >= 4 is 32.8 Å². The molecule has 0 spiro atoms. The Morgan fingerprint density at radius 3 is 2.19 bits per heavy atom. The number of hydrogen-bond donors (Lipinski definition) is 3. The van der Waals surface area contributed by atoms with Gasteiger partial charge < -0.3 is 10.6 Å². The van der Waals surface area contributed by atoms with E-state index in [1.807, 2.05) is 0 Å². The number of anilines is 2. The topological polar surface area (TPSA) is 123 Å². The largest absolute Gasteiger partial charge is 0.411 e. The van der Waals surface area contributed by atoms with Gasteiger partial charge in [0.1, 0.15) is 16.9 Å². The van der Waals surface area contributed by atoms with Crippen LogP contribution in [0.4, 0.5) is 29.3 Å². The summed E-state index contributed by atoms with van der Waals surface area (Å²) >= 11 is 0. The number of benzene rings is 2. The van der Waals surface area contributed by atoms with Gasteiger partial charge in [0.2, 0.25) is 16.0 Å². The van der Waals surface area contributed by atoms with E-state index in [9.17, 15) is 26.0 Å². The summed E-state index contributed by atoms with van der Waals surface area (Å²) in [6.07, 6.45) is -4.69. The van der Waals surface area contributed by atoms with Gasteiger partial charge in [0.25, 0.3) is 0 Å². The van der Waals surface area contributed by atoms with E-state index in [1.54, 1.807) is 24.3 Å². The van der Waals surface area contributed by atoms with Crippen LogP contribution >= 0.6 is 0 Å². The van der Waals surface area contributed by atoms with Gasteiger partial charge in [-0.15, -0.1) is 0 Å². The number of nitrogens with two attached hydrogens (primary N) is 1. The highest BCUT2D eigenvalue weighted by Gasteiger charge is 2.64. The number of pyridine rings is 1. The van der Waals surface area contributed by atoms with E-state index in [4.69, 9.17) is 5.14 Å². The molecule has 13 heteroatoms. The van der Waals surface area contributed by atoms with Gasteiger partial charge >= 0.3 is 6.18 Å². The number of nitrogens with one attached hydrogen (secondary N) is 2. The van der Waals surface area contributed by atoms with Crippen molar-refractivity contribution in [2.24, 2.45) is 5.14 Å². The number of halogens is 4. The van der Waals surface area contributed by atoms with E-state index in [-0.39, 0.29) is 41.6 Å². The van der Waals surface area contributed by atoms with Gasteiger partial charge in [-0.3, -0.25) is 0 Å². The van der Waals surface area contributed by atoms with Crippen molar-refractivity contribution in [3.63, 3.8) is 0 Å². The molecule has 0 unspecified atom stereocenters. The smallest absolute Gasteiger partial charge is 0.354 e. The molecule has 192 valence electrons. The molecule has 1 saturated carbocycles. The van der Waals surface area contributed by atoms with Crippen molar-refractivity contribution < 1.29 is 26.0 Å². The first-order valence-corrected chi connectivity index (χ1v) is 12.6. The zero-order valence-corrected chi connectivity index (χ0v) is 19.9. The maximum atomic E-state index is 13.7. The Morgan fingerprint density at radius 2 is 1.59 bits per heavy atom. The third-order valence-corrected chi connectivity index (χ3v) is 6.96. The van der Waals surface area contributed by atoms with Crippen molar-refractivity contribution in [1.29, 1.82) is 0 Å². The van der Waals surface area contributed by atoms with Gasteiger partial charge in [0, 0.05) is 12.1 Å². The molecule has 8 nitrogen and oxygen atoms in total. The lowest BCUT2D eigenvalue weighted by atomic mass is 10.1. The molecule has 2 heterocycles. The van der Waals surface area contributed by atoms with Gasteiger partial charge in [-0.1, -0.05) is 12.1 Å². The average molecular weight is 533 g/mol. The molecule has 0 amide bonds. The van der Waals surface area contributed by atoms with Crippen LogP contribution in [0.15, 0.2) is 65.6 Å². The maximum absolute atomic E-state index is 13.7. The van der Waals surface area contributed by atoms with E-state index >= 15 is 0 Å². The predicted octanol–water partition coefficient (Wildman–Crippen LogP) is 4.60. The monoisotopic (exact) mass is 532 g/mol. The molecule has 1 aliphatic carbocycles. The molecule has 37 heavy (non-hydrogen) atoms. The average Bonchev–Trinajstić information content (AvgIpc) is 3.64. The summed E-state index contributed by atoms with van der Waals surface area (Å²) in [6, 6.07) is 14.6. The Kier molecular flexibility index (Phi) is 5.99. The number of fused-ring (bicyclic) bond motifs is 1. The second kappa shape index (κ2) is 8.92. The molecule has 0 saturated heterocycles. The second-order valence-electron chi connectivity index (χ2n) is 8.71. The molecule has 2 aromatic heterocycles. The zero-order valence-electron chi connectivity index (χ0n) is 19.1. The summed E-state index contributed by atoms with van der Waals surface area (Å²) in [7, 11) is -3.84. The van der Waals surface area contributed by atoms with Gasteiger partial charge in [0.05, 0.1) is 16.1 Å². The lowest BCUT2D eigenvalue weighted by molar-refractivity contribution is -0.151. The fraction of sp³-hybridized carbons (Fsp3) is 0.208. The van der Waals surface area contributed by atoms with Crippen LogP contribution in [0.1, 0.15) is 18.4 Å². The van der Waals surface area contributed by atoms with E-state index in [0.29, 0.717) is 22.3 Å². The van der Waals surface area contributed by atoms with Crippen molar-refractivity contribution in [2.75, 3.05) is 10.6 Å². The van der Waals surface area contributed by atoms with Crippen LogP contribution < -0.4 is 15.8 Å². The predicted molar refractivity (Wildman–Crippen MR) is 130 cm³/mol. The maximum Gasteiger partial charge on any atom is 0.411 e. The molecule has 4 N–H and O–H groups in total. The summed E-state index contributed by atoms with van der Waals surface area (Å²) in [4.78, 5) is 13.1. The van der Waals surface area contributed by atoms with Crippen LogP contribution in [-0.2, 0) is 16.6 Å². The van der Waals surface area contributed by atoms with Crippen LogP contribution in [0, 0.1) is 5.82 Å². The molecule has 1 fully saturated rings. The molecule has 2 aromatic carbocycles. The highest BCUT2D eigenvalue weighted by atomic mass is 32.2. The Labute approximate surface area is 209 Å². The van der Waals surface area contributed by atoms with E-state index in [2.05, 4.69) is 25.6 Å². The number of hydrogen-bond acceptors (Lipinski definition) is 7. The van der Waals surface area contributed by atoms with Gasteiger partial charge in [-0.2, -0.15) is 18.2 Å². The SMILES string of the molecule is NS(=O)(=O)c1ccc(CNc2nc(NC3(C(F)(F)F)CC3)c3nc(-c4ccc(F)cc4)ccc3n2)cc1. The van der Waals surface area contributed by atoms with Crippen LogP contribution in [0.25, 0.3) is 22.3 Å². The summed E-state index contributed by atoms with van der Waals surface area (Å²) in [5.41, 5.74) is 0.0176. The number of primary sulfonamides is 1. The Hall–Kier alpha value is -3.84. The molecule has 4 aromatic rings. The first kappa shape index (κ1) is 24.8. The summed E-state index contributed by atoms with van der Waals surface area (Å²) in [6.45, 7) is 0.168. The molecule has 1 aliphatic rings. The minimum Gasteiger partial charge on any atom is -0.354 e. The number of sulfonamides is 1. The first-order valence-electron chi connectivity index (χ1n) is 11.1. The number of alkyl halides is 3.